The van der Waals surface area contributed by atoms with E-state index in [1.807, 2.05) is 31.2 Å². The maximum absolute atomic E-state index is 12.8. The maximum Gasteiger partial charge on any atom is 0.193 e. The van der Waals surface area contributed by atoms with Crippen LogP contribution in [0, 0.1) is 6.92 Å². The van der Waals surface area contributed by atoms with Gasteiger partial charge in [-0.25, -0.2) is 0 Å². The number of aromatic hydroxyl groups is 1. The molecule has 0 fully saturated rings. The lowest BCUT2D eigenvalue weighted by Crippen LogP contribution is -2.04. The summed E-state index contributed by atoms with van der Waals surface area (Å²) < 4.78 is 5.80. The lowest BCUT2D eigenvalue weighted by atomic mass is 9.98. The van der Waals surface area contributed by atoms with Crippen molar-refractivity contribution in [2.75, 3.05) is 0 Å². The van der Waals surface area contributed by atoms with Crippen molar-refractivity contribution in [2.45, 2.75) is 6.92 Å². The molecule has 0 heterocycles. The number of aryl methyl sites for hydroxylation is 1. The Kier molecular flexibility index (Phi) is 5.63. The molecule has 0 aliphatic rings. The van der Waals surface area contributed by atoms with E-state index in [2.05, 4.69) is 0 Å². The van der Waals surface area contributed by atoms with Crippen LogP contribution in [0.25, 0.3) is 0 Å². The van der Waals surface area contributed by atoms with E-state index in [-0.39, 0.29) is 17.3 Å². The smallest absolute Gasteiger partial charge is 0.193 e. The highest BCUT2D eigenvalue weighted by Crippen LogP contribution is 2.23. The highest BCUT2D eigenvalue weighted by atomic mass is 16.5. The summed E-state index contributed by atoms with van der Waals surface area (Å²) >= 11 is 0. The van der Waals surface area contributed by atoms with Crippen LogP contribution in [0.4, 0.5) is 0 Å². The highest BCUT2D eigenvalue weighted by Gasteiger charge is 2.13. The minimum absolute atomic E-state index is 0.104. The minimum atomic E-state index is -0.170. The Morgan fingerprint density at radius 1 is 0.548 bits per heavy atom. The van der Waals surface area contributed by atoms with E-state index in [4.69, 9.17) is 4.74 Å². The first-order valence-corrected chi connectivity index (χ1v) is 9.83. The van der Waals surface area contributed by atoms with Crippen LogP contribution in [0.5, 0.6) is 17.2 Å². The standard InChI is InChI=1S/C27H20O4/c1-18-2-14-24(15-3-18)31-25-16-10-22(11-17-25)27(30)20-6-4-19(5-7-20)26(29)21-8-12-23(28)13-9-21/h2-17,28H,1H3. The average molecular weight is 408 g/mol. The van der Waals surface area contributed by atoms with Gasteiger partial charge in [-0.15, -0.1) is 0 Å². The minimum Gasteiger partial charge on any atom is -0.508 e. The van der Waals surface area contributed by atoms with E-state index >= 15 is 0 Å². The van der Waals surface area contributed by atoms with Crippen LogP contribution in [0.2, 0.25) is 0 Å². The first-order valence-electron chi connectivity index (χ1n) is 9.83. The third-order valence-electron chi connectivity index (χ3n) is 4.91. The second kappa shape index (κ2) is 8.67. The first kappa shape index (κ1) is 20.1. The summed E-state index contributed by atoms with van der Waals surface area (Å²) in [6, 6.07) is 27.3. The molecule has 0 aliphatic carbocycles. The van der Waals surface area contributed by atoms with Gasteiger partial charge in [0.25, 0.3) is 0 Å². The Morgan fingerprint density at radius 3 is 1.29 bits per heavy atom. The van der Waals surface area contributed by atoms with Gasteiger partial charge in [-0.2, -0.15) is 0 Å². The summed E-state index contributed by atoms with van der Waals surface area (Å²) in [7, 11) is 0. The number of benzene rings is 4. The van der Waals surface area contributed by atoms with Crippen molar-refractivity contribution in [1.29, 1.82) is 0 Å². The monoisotopic (exact) mass is 408 g/mol. The van der Waals surface area contributed by atoms with Crippen molar-refractivity contribution in [3.8, 4) is 17.2 Å². The molecule has 4 rings (SSSR count). The Labute approximate surface area is 180 Å². The number of phenolic OH excluding ortho intramolecular Hbond substituents is 1. The Balaban J connectivity index is 1.45. The Morgan fingerprint density at radius 2 is 0.871 bits per heavy atom. The molecule has 4 heteroatoms. The predicted molar refractivity (Wildman–Crippen MR) is 119 cm³/mol. The first-order chi connectivity index (χ1) is 15.0. The Hall–Kier alpha value is -4.18. The van der Waals surface area contributed by atoms with Crippen LogP contribution in [-0.2, 0) is 0 Å². The van der Waals surface area contributed by atoms with Crippen LogP contribution in [0.1, 0.15) is 37.4 Å². The summed E-state index contributed by atoms with van der Waals surface area (Å²) in [5.74, 6) is 1.18. The summed E-state index contributed by atoms with van der Waals surface area (Å²) in [6.45, 7) is 2.01. The van der Waals surface area contributed by atoms with Gasteiger partial charge in [0.1, 0.15) is 17.2 Å². The predicted octanol–water partition coefficient (Wildman–Crippen LogP) is 5.95. The molecule has 1 N–H and O–H groups in total. The molecule has 152 valence electrons. The van der Waals surface area contributed by atoms with Gasteiger partial charge in [-0.05, 0) is 67.6 Å². The number of ether oxygens (including phenoxy) is 1. The van der Waals surface area contributed by atoms with Crippen LogP contribution in [0.15, 0.2) is 97.1 Å². The molecule has 4 aromatic carbocycles. The summed E-state index contributed by atoms with van der Waals surface area (Å²) in [5, 5.41) is 9.36. The average Bonchev–Trinajstić information content (AvgIpc) is 2.81. The number of ketones is 2. The molecule has 0 amide bonds. The Bertz CT molecular complexity index is 1200. The molecule has 0 bridgehead atoms. The fourth-order valence-corrected chi connectivity index (χ4v) is 3.14. The van der Waals surface area contributed by atoms with E-state index in [0.29, 0.717) is 28.0 Å². The van der Waals surface area contributed by atoms with E-state index in [0.717, 1.165) is 11.3 Å². The molecule has 0 aromatic heterocycles. The molecular formula is C27H20O4. The molecule has 0 aliphatic heterocycles. The number of carbonyl (C=O) groups is 2. The number of rotatable bonds is 6. The third-order valence-corrected chi connectivity index (χ3v) is 4.91. The SMILES string of the molecule is Cc1ccc(Oc2ccc(C(=O)c3ccc(C(=O)c4ccc(O)cc4)cc3)cc2)cc1. The van der Waals surface area contributed by atoms with E-state index in [9.17, 15) is 14.7 Å². The van der Waals surface area contributed by atoms with Crippen LogP contribution in [0.3, 0.4) is 0 Å². The molecule has 0 unspecified atom stereocenters. The van der Waals surface area contributed by atoms with Gasteiger partial charge in [0.05, 0.1) is 0 Å². The fraction of sp³-hybridized carbons (Fsp3) is 0.0370. The third kappa shape index (κ3) is 4.70. The molecule has 31 heavy (non-hydrogen) atoms. The van der Waals surface area contributed by atoms with Gasteiger partial charge in [0.2, 0.25) is 0 Å². The van der Waals surface area contributed by atoms with Crippen LogP contribution >= 0.6 is 0 Å². The molecule has 0 spiro atoms. The van der Waals surface area contributed by atoms with E-state index < -0.39 is 0 Å². The van der Waals surface area contributed by atoms with Gasteiger partial charge in [0, 0.05) is 22.3 Å². The quantitative estimate of drug-likeness (QED) is 0.400. The van der Waals surface area contributed by atoms with E-state index in [1.54, 1.807) is 60.7 Å². The number of carbonyl (C=O) groups excluding carboxylic acids is 2. The second-order valence-corrected chi connectivity index (χ2v) is 7.22. The van der Waals surface area contributed by atoms with Gasteiger partial charge in [0.15, 0.2) is 11.6 Å². The number of phenols is 1. The molecule has 0 saturated carbocycles. The normalized spacial score (nSPS) is 10.5. The zero-order chi connectivity index (χ0) is 21.8. The largest absolute Gasteiger partial charge is 0.508 e. The lowest BCUT2D eigenvalue weighted by molar-refractivity contribution is 0.102. The van der Waals surface area contributed by atoms with Gasteiger partial charge in [-0.1, -0.05) is 42.0 Å². The molecule has 0 atom stereocenters. The van der Waals surface area contributed by atoms with E-state index in [1.165, 1.54) is 12.1 Å². The van der Waals surface area contributed by atoms with Gasteiger partial charge in [-0.3, -0.25) is 9.59 Å². The maximum atomic E-state index is 12.8. The number of hydrogen-bond donors (Lipinski definition) is 1. The summed E-state index contributed by atoms with van der Waals surface area (Å²) in [6.07, 6.45) is 0. The van der Waals surface area contributed by atoms with Crippen molar-refractivity contribution >= 4 is 11.6 Å². The van der Waals surface area contributed by atoms with Crippen LogP contribution < -0.4 is 4.74 Å². The van der Waals surface area contributed by atoms with Gasteiger partial charge < -0.3 is 9.84 Å². The van der Waals surface area contributed by atoms with Crippen LogP contribution in [-0.4, -0.2) is 16.7 Å². The zero-order valence-electron chi connectivity index (χ0n) is 16.9. The van der Waals surface area contributed by atoms with Crippen molar-refractivity contribution in [1.82, 2.24) is 0 Å². The summed E-state index contributed by atoms with van der Waals surface area (Å²) in [5.41, 5.74) is 3.14. The lowest BCUT2D eigenvalue weighted by Gasteiger charge is -2.07. The topological polar surface area (TPSA) is 63.6 Å². The highest BCUT2D eigenvalue weighted by molar-refractivity contribution is 6.11. The number of hydrogen-bond acceptors (Lipinski definition) is 4. The molecule has 0 saturated heterocycles. The molecule has 4 nitrogen and oxygen atoms in total. The van der Waals surface area contributed by atoms with Crippen molar-refractivity contribution < 1.29 is 19.4 Å². The molecular weight excluding hydrogens is 388 g/mol. The molecule has 0 radical (unpaired) electrons. The van der Waals surface area contributed by atoms with Gasteiger partial charge >= 0.3 is 0 Å². The zero-order valence-corrected chi connectivity index (χ0v) is 16.9. The van der Waals surface area contributed by atoms with Crippen molar-refractivity contribution in [3.05, 3.63) is 125 Å². The van der Waals surface area contributed by atoms with Crippen molar-refractivity contribution in [2.24, 2.45) is 0 Å². The summed E-state index contributed by atoms with van der Waals surface area (Å²) in [4.78, 5) is 25.3. The molecule has 4 aromatic rings. The van der Waals surface area contributed by atoms with Crippen molar-refractivity contribution in [3.63, 3.8) is 0 Å². The fourth-order valence-electron chi connectivity index (χ4n) is 3.14. The second-order valence-electron chi connectivity index (χ2n) is 7.22.